The van der Waals surface area contributed by atoms with E-state index in [9.17, 15) is 9.59 Å². The number of aromatic nitrogens is 2. The molecule has 1 aromatic heterocycles. The fraction of sp³-hybridized carbons (Fsp3) is 0.389. The van der Waals surface area contributed by atoms with Gasteiger partial charge in [-0.15, -0.1) is 0 Å². The van der Waals surface area contributed by atoms with Crippen LogP contribution in [0.2, 0.25) is 0 Å². The molecule has 0 saturated heterocycles. The van der Waals surface area contributed by atoms with Gasteiger partial charge in [-0.3, -0.25) is 9.48 Å². The zero-order chi connectivity index (χ0) is 18.0. The monoisotopic (exact) mass is 343 g/mol. The Kier molecular flexibility index (Phi) is 4.74. The smallest absolute Gasteiger partial charge is 0.434 e. The molecular formula is C18H21N3O4. The summed E-state index contributed by atoms with van der Waals surface area (Å²) in [6.45, 7) is 5.17. The van der Waals surface area contributed by atoms with Gasteiger partial charge in [0.2, 0.25) is 0 Å². The molecule has 2 aromatic rings. The summed E-state index contributed by atoms with van der Waals surface area (Å²) >= 11 is 0. The normalized spacial score (nSPS) is 13.3. The van der Waals surface area contributed by atoms with Crippen molar-refractivity contribution in [2.45, 2.75) is 26.8 Å². The molecule has 0 atom stereocenters. The van der Waals surface area contributed by atoms with Gasteiger partial charge in [-0.25, -0.2) is 4.79 Å². The Morgan fingerprint density at radius 1 is 1.24 bits per heavy atom. The number of carbonyl (C=O) groups excluding carboxylic acids is 2. The van der Waals surface area contributed by atoms with E-state index >= 15 is 0 Å². The molecule has 0 spiro atoms. The molecule has 0 N–H and O–H groups in total. The van der Waals surface area contributed by atoms with Crippen molar-refractivity contribution in [2.24, 2.45) is 7.05 Å². The first-order valence-corrected chi connectivity index (χ1v) is 8.25. The van der Waals surface area contributed by atoms with Crippen molar-refractivity contribution in [3.63, 3.8) is 0 Å². The van der Waals surface area contributed by atoms with Crippen LogP contribution in [-0.2, 0) is 24.8 Å². The van der Waals surface area contributed by atoms with Crippen molar-refractivity contribution in [1.29, 1.82) is 0 Å². The van der Waals surface area contributed by atoms with Crippen LogP contribution in [0.5, 0.6) is 5.75 Å². The average Bonchev–Trinajstić information content (AvgIpc) is 2.89. The highest BCUT2D eigenvalue weighted by Gasteiger charge is 2.26. The van der Waals surface area contributed by atoms with E-state index in [1.54, 1.807) is 31.2 Å². The standard InChI is InChI=1S/C18H21N3O4/c1-4-24-18(23)25-14-7-5-13(6-8-14)17(22)21-10-9-15-12(2)19-20(3)16(15)11-21/h5-8H,4,9-11H2,1-3H3. The third-order valence-electron chi connectivity index (χ3n) is 4.30. The maximum atomic E-state index is 12.7. The zero-order valence-corrected chi connectivity index (χ0v) is 14.6. The second-order valence-electron chi connectivity index (χ2n) is 5.92. The minimum Gasteiger partial charge on any atom is -0.434 e. The van der Waals surface area contributed by atoms with Gasteiger partial charge in [0.15, 0.2) is 0 Å². The lowest BCUT2D eigenvalue weighted by Crippen LogP contribution is -2.36. The molecule has 0 aliphatic carbocycles. The van der Waals surface area contributed by atoms with Gasteiger partial charge in [-0.1, -0.05) is 0 Å². The molecule has 0 unspecified atom stereocenters. The van der Waals surface area contributed by atoms with Crippen LogP contribution in [0.4, 0.5) is 4.79 Å². The predicted molar refractivity (Wildman–Crippen MR) is 90.5 cm³/mol. The van der Waals surface area contributed by atoms with E-state index < -0.39 is 6.16 Å². The van der Waals surface area contributed by atoms with Crippen LogP contribution in [0.3, 0.4) is 0 Å². The number of fused-ring (bicyclic) bond motifs is 1. The summed E-state index contributed by atoms with van der Waals surface area (Å²) in [6, 6.07) is 6.49. The molecule has 0 fully saturated rings. The first-order valence-electron chi connectivity index (χ1n) is 8.25. The van der Waals surface area contributed by atoms with Gasteiger partial charge in [0, 0.05) is 19.2 Å². The second-order valence-corrected chi connectivity index (χ2v) is 5.92. The molecular weight excluding hydrogens is 322 g/mol. The summed E-state index contributed by atoms with van der Waals surface area (Å²) in [5, 5.41) is 4.43. The molecule has 1 amide bonds. The van der Waals surface area contributed by atoms with Crippen molar-refractivity contribution in [1.82, 2.24) is 14.7 Å². The first-order chi connectivity index (χ1) is 12.0. The number of amides is 1. The van der Waals surface area contributed by atoms with E-state index in [4.69, 9.17) is 9.47 Å². The molecule has 7 heteroatoms. The number of benzene rings is 1. The zero-order valence-electron chi connectivity index (χ0n) is 14.6. The Morgan fingerprint density at radius 3 is 2.64 bits per heavy atom. The van der Waals surface area contributed by atoms with E-state index in [2.05, 4.69) is 5.10 Å². The number of ether oxygens (including phenoxy) is 2. The molecule has 7 nitrogen and oxygen atoms in total. The largest absolute Gasteiger partial charge is 0.513 e. The molecule has 0 saturated carbocycles. The SMILES string of the molecule is CCOC(=O)Oc1ccc(C(=O)N2CCc3c(C)nn(C)c3C2)cc1. The molecule has 1 aromatic carbocycles. The summed E-state index contributed by atoms with van der Waals surface area (Å²) < 4.78 is 11.6. The summed E-state index contributed by atoms with van der Waals surface area (Å²) in [5.74, 6) is 0.297. The number of carbonyl (C=O) groups is 2. The van der Waals surface area contributed by atoms with Crippen molar-refractivity contribution >= 4 is 12.1 Å². The molecule has 2 heterocycles. The topological polar surface area (TPSA) is 73.7 Å². The Balaban J connectivity index is 1.69. The van der Waals surface area contributed by atoms with Crippen molar-refractivity contribution in [2.75, 3.05) is 13.2 Å². The average molecular weight is 343 g/mol. The van der Waals surface area contributed by atoms with E-state index in [1.165, 1.54) is 5.56 Å². The minimum atomic E-state index is -0.753. The second kappa shape index (κ2) is 6.96. The molecule has 1 aliphatic rings. The number of nitrogens with zero attached hydrogens (tertiary/aromatic N) is 3. The number of hydrogen-bond acceptors (Lipinski definition) is 5. The number of aryl methyl sites for hydroxylation is 2. The van der Waals surface area contributed by atoms with E-state index in [0.29, 0.717) is 24.4 Å². The lowest BCUT2D eigenvalue weighted by atomic mass is 10.0. The van der Waals surface area contributed by atoms with Gasteiger partial charge >= 0.3 is 6.16 Å². The van der Waals surface area contributed by atoms with Crippen LogP contribution in [-0.4, -0.2) is 39.9 Å². The van der Waals surface area contributed by atoms with Crippen LogP contribution < -0.4 is 4.74 Å². The Morgan fingerprint density at radius 2 is 1.96 bits per heavy atom. The van der Waals surface area contributed by atoms with E-state index in [1.807, 2.05) is 23.6 Å². The number of rotatable bonds is 3. The van der Waals surface area contributed by atoms with Crippen molar-refractivity contribution in [3.05, 3.63) is 46.8 Å². The molecule has 25 heavy (non-hydrogen) atoms. The third-order valence-corrected chi connectivity index (χ3v) is 4.30. The first kappa shape index (κ1) is 17.0. The molecule has 3 rings (SSSR count). The molecule has 0 bridgehead atoms. The highest BCUT2D eigenvalue weighted by Crippen LogP contribution is 2.23. The van der Waals surface area contributed by atoms with Crippen LogP contribution in [0.25, 0.3) is 0 Å². The Labute approximate surface area is 146 Å². The van der Waals surface area contributed by atoms with Gasteiger partial charge in [-0.2, -0.15) is 5.10 Å². The highest BCUT2D eigenvalue weighted by atomic mass is 16.7. The third kappa shape index (κ3) is 3.50. The highest BCUT2D eigenvalue weighted by molar-refractivity contribution is 5.94. The van der Waals surface area contributed by atoms with Gasteiger partial charge in [0.05, 0.1) is 24.5 Å². The summed E-state index contributed by atoms with van der Waals surface area (Å²) in [7, 11) is 1.90. The summed E-state index contributed by atoms with van der Waals surface area (Å²) in [5.41, 5.74) is 3.91. The quantitative estimate of drug-likeness (QED) is 0.632. The molecule has 132 valence electrons. The lowest BCUT2D eigenvalue weighted by molar-refractivity contribution is 0.0730. The van der Waals surface area contributed by atoms with Crippen LogP contribution in [0, 0.1) is 6.92 Å². The van der Waals surface area contributed by atoms with Crippen LogP contribution in [0.15, 0.2) is 24.3 Å². The van der Waals surface area contributed by atoms with E-state index in [-0.39, 0.29) is 12.5 Å². The van der Waals surface area contributed by atoms with Gasteiger partial charge in [-0.05, 0) is 50.1 Å². The van der Waals surface area contributed by atoms with Crippen molar-refractivity contribution in [3.8, 4) is 5.75 Å². The lowest BCUT2D eigenvalue weighted by Gasteiger charge is -2.27. The van der Waals surface area contributed by atoms with Gasteiger partial charge < -0.3 is 14.4 Å². The molecule has 0 radical (unpaired) electrons. The van der Waals surface area contributed by atoms with Gasteiger partial charge in [0.25, 0.3) is 5.91 Å². The number of hydrogen-bond donors (Lipinski definition) is 0. The summed E-state index contributed by atoms with van der Waals surface area (Å²) in [4.78, 5) is 25.8. The maximum Gasteiger partial charge on any atom is 0.513 e. The van der Waals surface area contributed by atoms with Crippen LogP contribution in [0.1, 0.15) is 34.2 Å². The van der Waals surface area contributed by atoms with Gasteiger partial charge in [0.1, 0.15) is 5.75 Å². The fourth-order valence-corrected chi connectivity index (χ4v) is 3.04. The minimum absolute atomic E-state index is 0.0489. The molecule has 1 aliphatic heterocycles. The summed E-state index contributed by atoms with van der Waals surface area (Å²) in [6.07, 6.45) is 0.0573. The maximum absolute atomic E-state index is 12.7. The van der Waals surface area contributed by atoms with Crippen molar-refractivity contribution < 1.29 is 19.1 Å². The fourth-order valence-electron chi connectivity index (χ4n) is 3.04. The Hall–Kier alpha value is -2.83. The predicted octanol–water partition coefficient (Wildman–Crippen LogP) is 2.46. The van der Waals surface area contributed by atoms with Crippen LogP contribution >= 0.6 is 0 Å². The Bertz CT molecular complexity index is 795. The van der Waals surface area contributed by atoms with E-state index in [0.717, 1.165) is 17.8 Å².